The van der Waals surface area contributed by atoms with Crippen molar-refractivity contribution in [2.75, 3.05) is 0 Å². The fourth-order valence-corrected chi connectivity index (χ4v) is 8.91. The molecule has 0 atom stereocenters. The summed E-state index contributed by atoms with van der Waals surface area (Å²) in [7, 11) is 0. The van der Waals surface area contributed by atoms with Gasteiger partial charge in [0.15, 0.2) is 0 Å². The minimum Gasteiger partial charge on any atom is -0.507 e. The van der Waals surface area contributed by atoms with Crippen molar-refractivity contribution in [2.24, 2.45) is 0 Å². The molecule has 0 unspecified atom stereocenters. The predicted molar refractivity (Wildman–Crippen MR) is 262 cm³/mol. The molecule has 0 saturated carbocycles. The smallest absolute Gasteiger partial charge is 0.149 e. The van der Waals surface area contributed by atoms with Gasteiger partial charge in [0.1, 0.15) is 11.6 Å². The first kappa shape index (κ1) is 38.1. The first-order valence-corrected chi connectivity index (χ1v) is 21.5. The highest BCUT2D eigenvalue weighted by Gasteiger charge is 2.25. The van der Waals surface area contributed by atoms with E-state index in [2.05, 4.69) is 157 Å². The molecule has 10 rings (SSSR count). The number of hydrogen-bond donors (Lipinski definition) is 1. The number of para-hydroxylation sites is 1. The minimum atomic E-state index is -0.914. The Labute approximate surface area is 370 Å². The molecule has 0 bridgehead atoms. The van der Waals surface area contributed by atoms with Crippen LogP contribution >= 0.6 is 0 Å². The predicted octanol–water partition coefficient (Wildman–Crippen LogP) is 15.5. The monoisotopic (exact) mass is 814 g/mol. The van der Waals surface area contributed by atoms with Gasteiger partial charge in [0, 0.05) is 24.3 Å². The SMILES string of the molecule is [2H]C(C)(C)c1cc(-c2ccccc2)c(-n2c(-c3cc(C)cc(C)c3O)nc3c(-c4cc(-c5ccccc5)cc(-c5cc(-c6ccccc6)ccn5)c4)cccc32)cc1-c1ccccc1. The van der Waals surface area contributed by atoms with Gasteiger partial charge in [-0.15, -0.1) is 0 Å². The molecule has 0 aliphatic heterocycles. The molecule has 4 heteroatoms. The lowest BCUT2D eigenvalue weighted by atomic mass is 9.88. The van der Waals surface area contributed by atoms with Crippen LogP contribution in [0.4, 0.5) is 0 Å². The number of imidazole rings is 1. The molecular weight excluding hydrogens is 767 g/mol. The molecule has 0 spiro atoms. The number of aromatic nitrogens is 3. The van der Waals surface area contributed by atoms with Crippen molar-refractivity contribution >= 4 is 11.0 Å². The zero-order valence-electron chi connectivity index (χ0n) is 36.8. The molecule has 304 valence electrons. The van der Waals surface area contributed by atoms with Crippen molar-refractivity contribution < 1.29 is 6.48 Å². The molecule has 0 fully saturated rings. The van der Waals surface area contributed by atoms with E-state index >= 15 is 0 Å². The molecule has 63 heavy (non-hydrogen) atoms. The first-order valence-electron chi connectivity index (χ1n) is 22.0. The van der Waals surface area contributed by atoms with E-state index in [0.29, 0.717) is 11.4 Å². The van der Waals surface area contributed by atoms with E-state index in [1.54, 1.807) is 0 Å². The largest absolute Gasteiger partial charge is 0.507 e. The van der Waals surface area contributed by atoms with Crippen molar-refractivity contribution in [2.45, 2.75) is 33.6 Å². The third-order valence-corrected chi connectivity index (χ3v) is 12.0. The summed E-state index contributed by atoms with van der Waals surface area (Å²) >= 11 is 0. The molecule has 10 aromatic rings. The maximum Gasteiger partial charge on any atom is 0.149 e. The third-order valence-electron chi connectivity index (χ3n) is 12.0. The number of benzene rings is 8. The van der Waals surface area contributed by atoms with Crippen molar-refractivity contribution in [1.29, 1.82) is 0 Å². The summed E-state index contributed by atoms with van der Waals surface area (Å²) in [6.45, 7) is 7.90. The van der Waals surface area contributed by atoms with Crippen molar-refractivity contribution in [3.63, 3.8) is 0 Å². The summed E-state index contributed by atoms with van der Waals surface area (Å²) in [6, 6.07) is 67.3. The summed E-state index contributed by atoms with van der Waals surface area (Å²) in [6.07, 6.45) is 1.89. The van der Waals surface area contributed by atoms with Crippen LogP contribution in [-0.2, 0) is 0 Å². The molecule has 0 aliphatic carbocycles. The van der Waals surface area contributed by atoms with Gasteiger partial charge in [-0.3, -0.25) is 9.55 Å². The number of fused-ring (bicyclic) bond motifs is 1. The number of hydrogen-bond acceptors (Lipinski definition) is 3. The molecule has 0 amide bonds. The lowest BCUT2D eigenvalue weighted by Crippen LogP contribution is -2.04. The van der Waals surface area contributed by atoms with Crippen LogP contribution in [0.5, 0.6) is 5.75 Å². The standard InChI is InChI=1S/C59H47N3O/c1-38(2)50-36-52(44-24-15-8-16-25-44)56(37-51(50)43-22-13-7-14-23-43)62-55-27-17-26-49(57(55)61-59(62)53-31-39(3)30-40(4)58(53)63)47-32-46(42-20-11-6-12-21-42)33-48(34-47)54-35-45(28-29-60-54)41-18-9-5-10-19-41/h5-38,63H,1-4H3/i38D. The highest BCUT2D eigenvalue weighted by molar-refractivity contribution is 5.99. The average Bonchev–Trinajstić information content (AvgIpc) is 3.72. The summed E-state index contributed by atoms with van der Waals surface area (Å²) < 4.78 is 11.6. The Morgan fingerprint density at radius 2 is 1.08 bits per heavy atom. The Hall–Kier alpha value is -7.82. The topological polar surface area (TPSA) is 50.9 Å². The van der Waals surface area contributed by atoms with Crippen molar-refractivity contribution in [1.82, 2.24) is 14.5 Å². The minimum absolute atomic E-state index is 0.190. The lowest BCUT2D eigenvalue weighted by molar-refractivity contribution is 0.472. The van der Waals surface area contributed by atoms with Gasteiger partial charge >= 0.3 is 0 Å². The van der Waals surface area contributed by atoms with E-state index in [-0.39, 0.29) is 5.75 Å². The van der Waals surface area contributed by atoms with Crippen LogP contribution in [0.2, 0.25) is 0 Å². The van der Waals surface area contributed by atoms with Crippen molar-refractivity contribution in [3.8, 4) is 89.7 Å². The summed E-state index contributed by atoms with van der Waals surface area (Å²) in [4.78, 5) is 10.5. The van der Waals surface area contributed by atoms with Crippen LogP contribution in [0.15, 0.2) is 200 Å². The van der Waals surface area contributed by atoms with Crippen LogP contribution in [0.25, 0.3) is 95.0 Å². The van der Waals surface area contributed by atoms with Gasteiger partial charge in [0.05, 0.1) is 28.0 Å². The highest BCUT2D eigenvalue weighted by Crippen LogP contribution is 2.45. The Balaban J connectivity index is 1.29. The second-order valence-corrected chi connectivity index (χ2v) is 16.5. The third kappa shape index (κ3) is 7.51. The van der Waals surface area contributed by atoms with Crippen LogP contribution in [0, 0.1) is 13.8 Å². The zero-order valence-corrected chi connectivity index (χ0v) is 35.8. The van der Waals surface area contributed by atoms with Crippen LogP contribution in [0.1, 0.15) is 37.8 Å². The quantitative estimate of drug-likeness (QED) is 0.158. The molecule has 2 heterocycles. The molecule has 1 N–H and O–H groups in total. The average molecular weight is 815 g/mol. The summed E-state index contributed by atoms with van der Waals surface area (Å²) in [5, 5.41) is 12.0. The Morgan fingerprint density at radius 1 is 0.492 bits per heavy atom. The number of pyridine rings is 1. The van der Waals surface area contributed by atoms with Crippen LogP contribution in [0.3, 0.4) is 0 Å². The van der Waals surface area contributed by atoms with E-state index in [1.807, 2.05) is 75.5 Å². The van der Waals surface area contributed by atoms with E-state index in [9.17, 15) is 6.48 Å². The van der Waals surface area contributed by atoms with Crippen LogP contribution < -0.4 is 0 Å². The summed E-state index contributed by atoms with van der Waals surface area (Å²) in [5.74, 6) is -0.101. The maximum absolute atomic E-state index is 12.0. The second-order valence-electron chi connectivity index (χ2n) is 16.5. The second kappa shape index (κ2) is 16.6. The Kier molecular flexibility index (Phi) is 10.0. The number of aryl methyl sites for hydroxylation is 2. The molecule has 2 aromatic heterocycles. The van der Waals surface area contributed by atoms with Gasteiger partial charge in [-0.2, -0.15) is 0 Å². The van der Waals surface area contributed by atoms with E-state index in [0.717, 1.165) is 100 Å². The number of phenols is 1. The highest BCUT2D eigenvalue weighted by atomic mass is 16.3. The van der Waals surface area contributed by atoms with Gasteiger partial charge in [0.2, 0.25) is 0 Å². The molecule has 8 aromatic carbocycles. The summed E-state index contributed by atoms with van der Waals surface area (Å²) in [5.41, 5.74) is 18.1. The van der Waals surface area contributed by atoms with E-state index in [1.165, 1.54) is 0 Å². The first-order chi connectivity index (χ1) is 31.1. The van der Waals surface area contributed by atoms with E-state index in [4.69, 9.17) is 9.97 Å². The van der Waals surface area contributed by atoms with Crippen LogP contribution in [-0.4, -0.2) is 19.6 Å². The fraction of sp³-hybridized carbons (Fsp3) is 0.0847. The molecule has 4 nitrogen and oxygen atoms in total. The van der Waals surface area contributed by atoms with Gasteiger partial charge in [0.25, 0.3) is 0 Å². The van der Waals surface area contributed by atoms with E-state index < -0.39 is 5.89 Å². The van der Waals surface area contributed by atoms with Gasteiger partial charge in [-0.25, -0.2) is 4.98 Å². The molecule has 0 radical (unpaired) electrons. The van der Waals surface area contributed by atoms with Gasteiger partial charge in [-0.1, -0.05) is 153 Å². The van der Waals surface area contributed by atoms with Crippen molar-refractivity contribution in [3.05, 3.63) is 217 Å². The zero-order chi connectivity index (χ0) is 44.0. The normalized spacial score (nSPS) is 11.8. The number of phenolic OH excluding ortho intramolecular Hbond substituents is 1. The maximum atomic E-state index is 12.0. The fourth-order valence-electron chi connectivity index (χ4n) is 8.91. The molecular formula is C59H47N3O. The lowest BCUT2D eigenvalue weighted by Gasteiger charge is -2.22. The molecule has 0 aliphatic rings. The number of rotatable bonds is 9. The van der Waals surface area contributed by atoms with Gasteiger partial charge in [-0.05, 0) is 136 Å². The number of aromatic hydroxyl groups is 1. The number of nitrogens with zero attached hydrogens (tertiary/aromatic N) is 3. The van der Waals surface area contributed by atoms with Gasteiger partial charge < -0.3 is 5.11 Å². The Bertz CT molecular complexity index is 3320. The Morgan fingerprint density at radius 3 is 1.73 bits per heavy atom. The molecule has 0 saturated heterocycles.